The highest BCUT2D eigenvalue weighted by Crippen LogP contribution is 1.99. The molecule has 0 aromatic rings. The van der Waals surface area contributed by atoms with Crippen molar-refractivity contribution in [1.82, 2.24) is 10.6 Å². The number of amides is 2. The van der Waals surface area contributed by atoms with Gasteiger partial charge in [0.25, 0.3) is 0 Å². The lowest BCUT2D eigenvalue weighted by Gasteiger charge is -2.14. The van der Waals surface area contributed by atoms with Gasteiger partial charge in [0.05, 0.1) is 0 Å². The van der Waals surface area contributed by atoms with Gasteiger partial charge in [-0.05, 0) is 26.7 Å². The minimum atomic E-state index is -0.916. The second-order valence-corrected chi connectivity index (χ2v) is 4.45. The molecule has 116 valence electrons. The van der Waals surface area contributed by atoms with Gasteiger partial charge in [-0.1, -0.05) is 13.8 Å². The molecule has 0 aliphatic heterocycles. The Morgan fingerprint density at radius 1 is 0.900 bits per heavy atom. The molecular weight excluding hydrogens is 264 g/mol. The number of hydrogen-bond donors (Lipinski definition) is 4. The Morgan fingerprint density at radius 2 is 1.20 bits per heavy atom. The summed E-state index contributed by atoms with van der Waals surface area (Å²) in [5, 5.41) is 30.7. The Hall–Kier alpha value is -1.54. The van der Waals surface area contributed by atoms with Crippen LogP contribution in [-0.4, -0.2) is 46.6 Å². The minimum Gasteiger partial charge on any atom is -0.374 e. The van der Waals surface area contributed by atoms with Crippen molar-refractivity contribution in [3.05, 3.63) is 0 Å². The van der Waals surface area contributed by atoms with Crippen LogP contribution >= 0.6 is 0 Å². The van der Waals surface area contributed by atoms with Gasteiger partial charge in [0.15, 0.2) is 0 Å². The average molecular weight is 288 g/mol. The molecule has 4 atom stereocenters. The Bertz CT molecular complexity index is 316. The molecule has 4 N–H and O–H groups in total. The second-order valence-electron chi connectivity index (χ2n) is 4.45. The zero-order valence-corrected chi connectivity index (χ0v) is 12.3. The van der Waals surface area contributed by atoms with Gasteiger partial charge in [0.2, 0.25) is 11.8 Å². The van der Waals surface area contributed by atoms with Gasteiger partial charge >= 0.3 is 0 Å². The summed E-state index contributed by atoms with van der Waals surface area (Å²) in [4.78, 5) is 23.1. The maximum absolute atomic E-state index is 11.6. The van der Waals surface area contributed by atoms with E-state index in [1.807, 2.05) is 0 Å². The molecule has 2 amide bonds. The number of aliphatic hydroxyl groups is 2. The van der Waals surface area contributed by atoms with Gasteiger partial charge < -0.3 is 20.8 Å². The van der Waals surface area contributed by atoms with Crippen molar-refractivity contribution in [3.8, 4) is 0 Å². The summed E-state index contributed by atoms with van der Waals surface area (Å²) in [6, 6.07) is -1.61. The van der Waals surface area contributed by atoms with Gasteiger partial charge in [-0.2, -0.15) is 10.2 Å². The van der Waals surface area contributed by atoms with Crippen LogP contribution in [0.4, 0.5) is 0 Å². The first-order valence-corrected chi connectivity index (χ1v) is 6.68. The lowest BCUT2D eigenvalue weighted by Crippen LogP contribution is -2.40. The number of hydrogen-bond acceptors (Lipinski definition) is 6. The van der Waals surface area contributed by atoms with Gasteiger partial charge in [0, 0.05) is 0 Å². The lowest BCUT2D eigenvalue weighted by atomic mass is 10.3. The first-order chi connectivity index (χ1) is 9.31. The maximum Gasteiger partial charge on any atom is 0.248 e. The molecule has 8 heteroatoms. The topological polar surface area (TPSA) is 123 Å². The summed E-state index contributed by atoms with van der Waals surface area (Å²) in [7, 11) is 0. The number of carbonyl (C=O) groups is 2. The highest BCUT2D eigenvalue weighted by Gasteiger charge is 2.17. The Balaban J connectivity index is 4.32. The van der Waals surface area contributed by atoms with Gasteiger partial charge in [0.1, 0.15) is 24.5 Å². The van der Waals surface area contributed by atoms with Crippen molar-refractivity contribution in [3.63, 3.8) is 0 Å². The molecule has 0 rings (SSSR count). The Morgan fingerprint density at radius 3 is 1.45 bits per heavy atom. The van der Waals surface area contributed by atoms with Crippen LogP contribution in [0.3, 0.4) is 0 Å². The largest absolute Gasteiger partial charge is 0.374 e. The van der Waals surface area contributed by atoms with E-state index >= 15 is 0 Å². The fourth-order valence-corrected chi connectivity index (χ4v) is 1.08. The predicted octanol–water partition coefficient (Wildman–Crippen LogP) is -0.0952. The molecule has 0 saturated heterocycles. The third kappa shape index (κ3) is 7.15. The predicted molar refractivity (Wildman–Crippen MR) is 72.7 cm³/mol. The summed E-state index contributed by atoms with van der Waals surface area (Å²) in [5.41, 5.74) is 0. The Labute approximate surface area is 118 Å². The van der Waals surface area contributed by atoms with E-state index in [4.69, 9.17) is 0 Å². The standard InChI is InChI=1S/C12H24N4O4/c1-5-9(17)13-11(19)7(3)15-16-8(4)12(20)14-10(18)6-2/h7-10,17-18H,5-6H2,1-4H3,(H,13,19)(H,14,20). The normalized spacial score (nSPS) is 17.3. The highest BCUT2D eigenvalue weighted by atomic mass is 16.3. The fourth-order valence-electron chi connectivity index (χ4n) is 1.08. The number of nitrogens with one attached hydrogen (secondary N) is 2. The third-order valence-electron chi connectivity index (χ3n) is 2.56. The number of carbonyl (C=O) groups excluding carboxylic acids is 2. The fraction of sp³-hybridized carbons (Fsp3) is 0.833. The zero-order valence-electron chi connectivity index (χ0n) is 12.3. The average Bonchev–Trinajstić information content (AvgIpc) is 2.43. The molecule has 0 fully saturated rings. The quantitative estimate of drug-likeness (QED) is 0.368. The number of nitrogens with zero attached hydrogens (tertiary/aromatic N) is 2. The second kappa shape index (κ2) is 9.38. The van der Waals surface area contributed by atoms with Crippen molar-refractivity contribution < 1.29 is 19.8 Å². The monoisotopic (exact) mass is 288 g/mol. The maximum atomic E-state index is 11.6. The summed E-state index contributed by atoms with van der Waals surface area (Å²) in [6.07, 6.45) is -1.05. The molecule has 0 radical (unpaired) electrons. The van der Waals surface area contributed by atoms with Crippen LogP contribution in [0, 0.1) is 0 Å². The first kappa shape index (κ1) is 18.5. The van der Waals surface area contributed by atoms with Crippen molar-refractivity contribution in [2.24, 2.45) is 10.2 Å². The number of aliphatic hydroxyl groups excluding tert-OH is 2. The number of azo groups is 1. The molecule has 8 nitrogen and oxygen atoms in total. The molecule has 20 heavy (non-hydrogen) atoms. The van der Waals surface area contributed by atoms with Gasteiger partial charge in [-0.25, -0.2) is 0 Å². The molecule has 0 saturated carbocycles. The van der Waals surface area contributed by atoms with E-state index in [0.717, 1.165) is 0 Å². The summed E-state index contributed by atoms with van der Waals surface area (Å²) in [6.45, 7) is 6.46. The van der Waals surface area contributed by atoms with Gasteiger partial charge in [-0.15, -0.1) is 0 Å². The van der Waals surface area contributed by atoms with E-state index in [9.17, 15) is 19.8 Å². The van der Waals surface area contributed by atoms with E-state index in [1.165, 1.54) is 13.8 Å². The molecule has 0 aromatic carbocycles. The SMILES string of the molecule is CCC(O)NC(=O)C(C)N=NC(C)C(=O)NC(O)CC. The van der Waals surface area contributed by atoms with Crippen LogP contribution in [0.5, 0.6) is 0 Å². The first-order valence-electron chi connectivity index (χ1n) is 6.68. The molecule has 0 spiro atoms. The zero-order chi connectivity index (χ0) is 15.7. The van der Waals surface area contributed by atoms with Crippen molar-refractivity contribution in [2.75, 3.05) is 0 Å². The minimum absolute atomic E-state index is 0.392. The molecular formula is C12H24N4O4. The van der Waals surface area contributed by atoms with Crippen LogP contribution in [0.2, 0.25) is 0 Å². The van der Waals surface area contributed by atoms with E-state index in [-0.39, 0.29) is 0 Å². The van der Waals surface area contributed by atoms with Crippen LogP contribution in [0.25, 0.3) is 0 Å². The van der Waals surface area contributed by atoms with E-state index in [2.05, 4.69) is 20.9 Å². The van der Waals surface area contributed by atoms with Crippen LogP contribution in [0.15, 0.2) is 10.2 Å². The molecule has 0 aromatic heterocycles. The summed E-state index contributed by atoms with van der Waals surface area (Å²) >= 11 is 0. The highest BCUT2D eigenvalue weighted by molar-refractivity contribution is 5.82. The Kier molecular flexibility index (Phi) is 8.66. The smallest absolute Gasteiger partial charge is 0.248 e. The van der Waals surface area contributed by atoms with Crippen molar-refractivity contribution in [1.29, 1.82) is 0 Å². The van der Waals surface area contributed by atoms with Crippen LogP contribution < -0.4 is 10.6 Å². The van der Waals surface area contributed by atoms with E-state index in [0.29, 0.717) is 12.8 Å². The van der Waals surface area contributed by atoms with Crippen molar-refractivity contribution in [2.45, 2.75) is 65.1 Å². The molecule has 0 heterocycles. The summed E-state index contributed by atoms with van der Waals surface area (Å²) < 4.78 is 0. The van der Waals surface area contributed by atoms with E-state index in [1.54, 1.807) is 13.8 Å². The van der Waals surface area contributed by atoms with Crippen LogP contribution in [0.1, 0.15) is 40.5 Å². The lowest BCUT2D eigenvalue weighted by molar-refractivity contribution is -0.126. The van der Waals surface area contributed by atoms with Crippen molar-refractivity contribution >= 4 is 11.8 Å². The van der Waals surface area contributed by atoms with E-state index < -0.39 is 36.4 Å². The van der Waals surface area contributed by atoms with Gasteiger partial charge in [-0.3, -0.25) is 9.59 Å². The molecule has 0 bridgehead atoms. The number of rotatable bonds is 8. The molecule has 4 unspecified atom stereocenters. The molecule has 0 aliphatic rings. The molecule has 0 aliphatic carbocycles. The summed E-state index contributed by atoms with van der Waals surface area (Å²) in [5.74, 6) is -0.936. The van der Waals surface area contributed by atoms with Crippen LogP contribution in [-0.2, 0) is 9.59 Å². The third-order valence-corrected chi connectivity index (χ3v) is 2.56.